The molecule has 0 saturated carbocycles. The third kappa shape index (κ3) is 3.53. The van der Waals surface area contributed by atoms with Gasteiger partial charge in [-0.3, -0.25) is 0 Å². The number of nitrogen functional groups attached to an aromatic ring is 1. The Labute approximate surface area is 124 Å². The fourth-order valence-electron chi connectivity index (χ4n) is 1.93. The number of hydrogen-bond acceptors (Lipinski definition) is 4. The number of nitrogens with two attached hydrogens (primary N) is 2. The van der Waals surface area contributed by atoms with Crippen LogP contribution in [0.15, 0.2) is 47.4 Å². The van der Waals surface area contributed by atoms with Gasteiger partial charge < -0.3 is 10.5 Å². The molecule has 0 saturated heterocycles. The third-order valence-corrected chi connectivity index (χ3v) is 4.05. The molecule has 0 fully saturated rings. The van der Waals surface area contributed by atoms with Crippen LogP contribution in [0.4, 0.5) is 5.69 Å². The molecule has 0 atom stereocenters. The lowest BCUT2D eigenvalue weighted by Gasteiger charge is -2.12. The Morgan fingerprint density at radius 3 is 2.38 bits per heavy atom. The predicted molar refractivity (Wildman–Crippen MR) is 82.8 cm³/mol. The first-order valence-corrected chi connectivity index (χ1v) is 8.03. The number of ether oxygens (including phenoxy) is 1. The van der Waals surface area contributed by atoms with Crippen molar-refractivity contribution in [2.24, 2.45) is 5.14 Å². The maximum Gasteiger partial charge on any atom is 0.240 e. The second kappa shape index (κ2) is 5.75. The molecule has 0 heterocycles. The van der Waals surface area contributed by atoms with E-state index in [-0.39, 0.29) is 16.3 Å². The maximum atomic E-state index is 11.4. The van der Waals surface area contributed by atoms with Crippen molar-refractivity contribution in [1.29, 1.82) is 0 Å². The molecule has 2 aromatic carbocycles. The molecule has 112 valence electrons. The summed E-state index contributed by atoms with van der Waals surface area (Å²) in [5.74, 6) is 1.23. The van der Waals surface area contributed by atoms with Crippen molar-refractivity contribution in [1.82, 2.24) is 0 Å². The van der Waals surface area contributed by atoms with E-state index in [1.54, 1.807) is 12.1 Å². The molecular formula is C15H18N2O3S. The Hall–Kier alpha value is -2.05. The first-order valence-electron chi connectivity index (χ1n) is 6.48. The van der Waals surface area contributed by atoms with E-state index < -0.39 is 10.0 Å². The van der Waals surface area contributed by atoms with Gasteiger partial charge >= 0.3 is 0 Å². The van der Waals surface area contributed by atoms with E-state index in [2.05, 4.69) is 13.8 Å². The SMILES string of the molecule is CC(C)c1cccc(Oc2cccc(S(N)(=O)=O)c2N)c1. The molecule has 0 radical (unpaired) electrons. The summed E-state index contributed by atoms with van der Waals surface area (Å²) in [5.41, 5.74) is 6.96. The van der Waals surface area contributed by atoms with Crippen molar-refractivity contribution in [2.75, 3.05) is 5.73 Å². The first-order chi connectivity index (χ1) is 9.79. The minimum Gasteiger partial charge on any atom is -0.455 e. The van der Waals surface area contributed by atoms with Crippen LogP contribution in [0.1, 0.15) is 25.3 Å². The Kier molecular flexibility index (Phi) is 4.20. The predicted octanol–water partition coefficient (Wildman–Crippen LogP) is 2.83. The molecular weight excluding hydrogens is 288 g/mol. The summed E-state index contributed by atoms with van der Waals surface area (Å²) >= 11 is 0. The van der Waals surface area contributed by atoms with Gasteiger partial charge in [0.15, 0.2) is 5.75 Å². The Morgan fingerprint density at radius 1 is 1.10 bits per heavy atom. The van der Waals surface area contributed by atoms with E-state index in [1.165, 1.54) is 12.1 Å². The van der Waals surface area contributed by atoms with Gasteiger partial charge in [-0.25, -0.2) is 13.6 Å². The maximum absolute atomic E-state index is 11.4. The number of anilines is 1. The number of rotatable bonds is 4. The number of sulfonamides is 1. The topological polar surface area (TPSA) is 95.4 Å². The van der Waals surface area contributed by atoms with Crippen LogP contribution in [-0.4, -0.2) is 8.42 Å². The first kappa shape index (κ1) is 15.3. The lowest BCUT2D eigenvalue weighted by atomic mass is 10.0. The fraction of sp³-hybridized carbons (Fsp3) is 0.200. The fourth-order valence-corrected chi connectivity index (χ4v) is 2.60. The van der Waals surface area contributed by atoms with Crippen LogP contribution in [-0.2, 0) is 10.0 Å². The lowest BCUT2D eigenvalue weighted by molar-refractivity contribution is 0.482. The smallest absolute Gasteiger partial charge is 0.240 e. The van der Waals surface area contributed by atoms with Crippen LogP contribution < -0.4 is 15.6 Å². The quantitative estimate of drug-likeness (QED) is 0.849. The molecule has 0 aromatic heterocycles. The monoisotopic (exact) mass is 306 g/mol. The summed E-state index contributed by atoms with van der Waals surface area (Å²) in [6.45, 7) is 4.16. The van der Waals surface area contributed by atoms with E-state index in [9.17, 15) is 8.42 Å². The molecule has 4 N–H and O–H groups in total. The zero-order valence-corrected chi connectivity index (χ0v) is 12.7. The third-order valence-electron chi connectivity index (χ3n) is 3.09. The number of primary sulfonamides is 1. The zero-order valence-electron chi connectivity index (χ0n) is 11.9. The molecule has 0 aliphatic rings. The number of para-hydroxylation sites is 1. The molecule has 2 rings (SSSR count). The highest BCUT2D eigenvalue weighted by Crippen LogP contribution is 2.32. The summed E-state index contributed by atoms with van der Waals surface area (Å²) in [4.78, 5) is -0.139. The van der Waals surface area contributed by atoms with Gasteiger partial charge in [-0.1, -0.05) is 32.0 Å². The molecule has 0 amide bonds. The van der Waals surface area contributed by atoms with Crippen LogP contribution in [0.5, 0.6) is 11.5 Å². The summed E-state index contributed by atoms with van der Waals surface area (Å²) < 4.78 is 28.6. The van der Waals surface area contributed by atoms with Gasteiger partial charge in [0.05, 0.1) is 5.69 Å². The second-order valence-corrected chi connectivity index (χ2v) is 6.57. The molecule has 6 heteroatoms. The van der Waals surface area contributed by atoms with Crippen molar-refractivity contribution in [2.45, 2.75) is 24.7 Å². The Morgan fingerprint density at radius 2 is 1.76 bits per heavy atom. The highest BCUT2D eigenvalue weighted by atomic mass is 32.2. The van der Waals surface area contributed by atoms with Crippen molar-refractivity contribution >= 4 is 15.7 Å². The minimum atomic E-state index is -3.87. The average molecular weight is 306 g/mol. The van der Waals surface area contributed by atoms with Gasteiger partial charge in [0.2, 0.25) is 10.0 Å². The summed E-state index contributed by atoms with van der Waals surface area (Å²) in [6, 6.07) is 12.1. The summed E-state index contributed by atoms with van der Waals surface area (Å²) in [6.07, 6.45) is 0. The second-order valence-electron chi connectivity index (χ2n) is 5.04. The highest BCUT2D eigenvalue weighted by molar-refractivity contribution is 7.89. The number of hydrogen-bond donors (Lipinski definition) is 2. The van der Waals surface area contributed by atoms with Gasteiger partial charge in [-0.05, 0) is 35.7 Å². The molecule has 0 aliphatic carbocycles. The van der Waals surface area contributed by atoms with Crippen LogP contribution in [0.3, 0.4) is 0 Å². The van der Waals surface area contributed by atoms with Crippen molar-refractivity contribution in [3.63, 3.8) is 0 Å². The van der Waals surface area contributed by atoms with E-state index in [0.717, 1.165) is 5.56 Å². The molecule has 0 spiro atoms. The van der Waals surface area contributed by atoms with Crippen LogP contribution in [0.25, 0.3) is 0 Å². The Balaban J connectivity index is 2.39. The highest BCUT2D eigenvalue weighted by Gasteiger charge is 2.16. The van der Waals surface area contributed by atoms with Gasteiger partial charge in [-0.2, -0.15) is 0 Å². The minimum absolute atomic E-state index is 0.00921. The summed E-state index contributed by atoms with van der Waals surface area (Å²) in [5, 5.41) is 5.12. The average Bonchev–Trinajstić information content (AvgIpc) is 2.40. The molecule has 0 aliphatic heterocycles. The van der Waals surface area contributed by atoms with Crippen LogP contribution in [0.2, 0.25) is 0 Å². The normalized spacial score (nSPS) is 11.6. The Bertz CT molecular complexity index is 755. The largest absolute Gasteiger partial charge is 0.455 e. The number of benzene rings is 2. The van der Waals surface area contributed by atoms with Crippen LogP contribution in [0, 0.1) is 0 Å². The summed E-state index contributed by atoms with van der Waals surface area (Å²) in [7, 11) is -3.87. The van der Waals surface area contributed by atoms with Gasteiger partial charge in [0.25, 0.3) is 0 Å². The van der Waals surface area contributed by atoms with Crippen molar-refractivity contribution in [3.8, 4) is 11.5 Å². The van der Waals surface area contributed by atoms with Crippen LogP contribution >= 0.6 is 0 Å². The molecule has 21 heavy (non-hydrogen) atoms. The molecule has 0 bridgehead atoms. The van der Waals surface area contributed by atoms with Crippen molar-refractivity contribution < 1.29 is 13.2 Å². The van der Waals surface area contributed by atoms with E-state index in [4.69, 9.17) is 15.6 Å². The molecule has 5 nitrogen and oxygen atoms in total. The van der Waals surface area contributed by atoms with Crippen molar-refractivity contribution in [3.05, 3.63) is 48.0 Å². The van der Waals surface area contributed by atoms with Gasteiger partial charge in [0.1, 0.15) is 10.6 Å². The molecule has 2 aromatic rings. The molecule has 0 unspecified atom stereocenters. The van der Waals surface area contributed by atoms with Gasteiger partial charge in [0, 0.05) is 0 Å². The van der Waals surface area contributed by atoms with E-state index in [1.807, 2.05) is 18.2 Å². The zero-order chi connectivity index (χ0) is 15.6. The van der Waals surface area contributed by atoms with E-state index in [0.29, 0.717) is 11.7 Å². The van der Waals surface area contributed by atoms with Gasteiger partial charge in [-0.15, -0.1) is 0 Å². The van der Waals surface area contributed by atoms with E-state index >= 15 is 0 Å². The standard InChI is InChI=1S/C15H18N2O3S/c1-10(2)11-5-3-6-12(9-11)20-13-7-4-8-14(15(13)16)21(17,18)19/h3-10H,16H2,1-2H3,(H2,17,18,19). The lowest BCUT2D eigenvalue weighted by Crippen LogP contribution is -2.14.